The number of nitrogens with zero attached hydrogens (tertiary/aromatic N) is 1. The molecule has 3 rings (SSSR count). The molecular formula is C13H13N3O2. The number of carboxylic acids is 1. The van der Waals surface area contributed by atoms with E-state index < -0.39 is 5.97 Å². The molecule has 0 aliphatic carbocycles. The molecule has 0 spiro atoms. The molecule has 5 heteroatoms. The van der Waals surface area contributed by atoms with Gasteiger partial charge >= 0.3 is 5.97 Å². The van der Waals surface area contributed by atoms with Crippen LogP contribution in [-0.2, 0) is 13.0 Å². The highest BCUT2D eigenvalue weighted by Gasteiger charge is 2.17. The number of aromatic nitrogens is 2. The van der Waals surface area contributed by atoms with Crippen LogP contribution in [0, 0.1) is 0 Å². The molecule has 0 fully saturated rings. The Labute approximate surface area is 104 Å². The number of aromatic carboxylic acids is 1. The lowest BCUT2D eigenvalue weighted by Gasteiger charge is -2.13. The molecule has 5 nitrogen and oxygen atoms in total. The third-order valence-electron chi connectivity index (χ3n) is 3.21. The van der Waals surface area contributed by atoms with Gasteiger partial charge in [0.2, 0.25) is 0 Å². The highest BCUT2D eigenvalue weighted by Crippen LogP contribution is 2.25. The Morgan fingerprint density at radius 1 is 1.28 bits per heavy atom. The number of hydrogen-bond donors (Lipinski definition) is 3. The zero-order valence-corrected chi connectivity index (χ0v) is 9.73. The standard InChI is InChI=1S/C13H13N3O2/c17-13(18)9-3-1-8(2-4-9)12-10-7-14-6-5-11(10)15-16-12/h1-4,14H,5-7H2,(H,15,16)(H,17,18). The second-order valence-corrected chi connectivity index (χ2v) is 4.34. The Hall–Kier alpha value is -2.14. The maximum atomic E-state index is 10.8. The first-order valence-corrected chi connectivity index (χ1v) is 5.86. The normalized spacial score (nSPS) is 14.2. The lowest BCUT2D eigenvalue weighted by molar-refractivity contribution is 0.0697. The molecule has 1 aromatic heterocycles. The SMILES string of the molecule is O=C(O)c1ccc(-c2n[nH]c3c2CNCC3)cc1. The Bertz CT molecular complexity index is 587. The first-order chi connectivity index (χ1) is 8.75. The molecule has 0 atom stereocenters. The van der Waals surface area contributed by atoms with Gasteiger partial charge in [0.1, 0.15) is 0 Å². The summed E-state index contributed by atoms with van der Waals surface area (Å²) in [4.78, 5) is 10.8. The van der Waals surface area contributed by atoms with Crippen molar-refractivity contribution in [3.8, 4) is 11.3 Å². The van der Waals surface area contributed by atoms with Crippen LogP contribution in [0.25, 0.3) is 11.3 Å². The van der Waals surface area contributed by atoms with Crippen molar-refractivity contribution >= 4 is 5.97 Å². The van der Waals surface area contributed by atoms with Crippen molar-refractivity contribution in [2.45, 2.75) is 13.0 Å². The molecule has 0 saturated heterocycles. The highest BCUT2D eigenvalue weighted by atomic mass is 16.4. The predicted octanol–water partition coefficient (Wildman–Crippen LogP) is 1.42. The Balaban J connectivity index is 1.99. The number of fused-ring (bicyclic) bond motifs is 1. The van der Waals surface area contributed by atoms with Crippen molar-refractivity contribution in [3.05, 3.63) is 41.1 Å². The van der Waals surface area contributed by atoms with Crippen LogP contribution in [0.2, 0.25) is 0 Å². The van der Waals surface area contributed by atoms with E-state index in [2.05, 4.69) is 15.5 Å². The molecule has 0 radical (unpaired) electrons. The van der Waals surface area contributed by atoms with Crippen molar-refractivity contribution < 1.29 is 9.90 Å². The van der Waals surface area contributed by atoms with E-state index >= 15 is 0 Å². The third-order valence-corrected chi connectivity index (χ3v) is 3.21. The first kappa shape index (κ1) is 11.0. The van der Waals surface area contributed by atoms with Crippen LogP contribution in [0.1, 0.15) is 21.6 Å². The number of carbonyl (C=O) groups is 1. The van der Waals surface area contributed by atoms with E-state index in [1.807, 2.05) is 0 Å². The fourth-order valence-electron chi connectivity index (χ4n) is 2.23. The minimum Gasteiger partial charge on any atom is -0.478 e. The third kappa shape index (κ3) is 1.78. The maximum absolute atomic E-state index is 10.8. The molecule has 2 aromatic rings. The summed E-state index contributed by atoms with van der Waals surface area (Å²) in [5.74, 6) is -0.910. The molecule has 18 heavy (non-hydrogen) atoms. The second kappa shape index (κ2) is 4.27. The fraction of sp³-hybridized carbons (Fsp3) is 0.231. The van der Waals surface area contributed by atoms with Crippen molar-refractivity contribution in [2.75, 3.05) is 6.54 Å². The summed E-state index contributed by atoms with van der Waals surface area (Å²) in [6.07, 6.45) is 0.954. The second-order valence-electron chi connectivity index (χ2n) is 4.34. The predicted molar refractivity (Wildman–Crippen MR) is 66.4 cm³/mol. The van der Waals surface area contributed by atoms with Crippen LogP contribution in [0.5, 0.6) is 0 Å². The molecule has 0 bridgehead atoms. The first-order valence-electron chi connectivity index (χ1n) is 5.86. The number of aromatic amines is 1. The van der Waals surface area contributed by atoms with Gasteiger partial charge in [-0.15, -0.1) is 0 Å². The summed E-state index contributed by atoms with van der Waals surface area (Å²) in [6.45, 7) is 1.77. The number of benzene rings is 1. The van der Waals surface area contributed by atoms with Gasteiger partial charge in [-0.25, -0.2) is 4.79 Å². The van der Waals surface area contributed by atoms with E-state index in [0.717, 1.165) is 30.8 Å². The quantitative estimate of drug-likeness (QED) is 0.745. The Morgan fingerprint density at radius 3 is 2.78 bits per heavy atom. The number of carboxylic acid groups (broad SMARTS) is 1. The number of nitrogens with one attached hydrogen (secondary N) is 2. The van der Waals surface area contributed by atoms with Gasteiger partial charge in [0, 0.05) is 36.3 Å². The topological polar surface area (TPSA) is 78.0 Å². The number of hydrogen-bond acceptors (Lipinski definition) is 3. The van der Waals surface area contributed by atoms with Crippen LogP contribution >= 0.6 is 0 Å². The average Bonchev–Trinajstić information content (AvgIpc) is 2.82. The minimum atomic E-state index is -0.910. The van der Waals surface area contributed by atoms with E-state index in [9.17, 15) is 4.79 Å². The molecule has 0 saturated carbocycles. The van der Waals surface area contributed by atoms with E-state index in [-0.39, 0.29) is 0 Å². The molecule has 0 unspecified atom stereocenters. The summed E-state index contributed by atoms with van der Waals surface area (Å²) >= 11 is 0. The van der Waals surface area contributed by atoms with Crippen molar-refractivity contribution in [3.63, 3.8) is 0 Å². The van der Waals surface area contributed by atoms with Gasteiger partial charge in [-0.1, -0.05) is 12.1 Å². The average molecular weight is 243 g/mol. The Morgan fingerprint density at radius 2 is 2.06 bits per heavy atom. The molecule has 1 aliphatic heterocycles. The lowest BCUT2D eigenvalue weighted by Crippen LogP contribution is -2.23. The number of rotatable bonds is 2. The zero-order chi connectivity index (χ0) is 12.5. The summed E-state index contributed by atoms with van der Waals surface area (Å²) in [7, 11) is 0. The van der Waals surface area contributed by atoms with Crippen LogP contribution in [0.15, 0.2) is 24.3 Å². The van der Waals surface area contributed by atoms with Crippen molar-refractivity contribution in [1.29, 1.82) is 0 Å². The fourth-order valence-corrected chi connectivity index (χ4v) is 2.23. The van der Waals surface area contributed by atoms with E-state index in [1.165, 1.54) is 11.3 Å². The summed E-state index contributed by atoms with van der Waals surface area (Å²) < 4.78 is 0. The van der Waals surface area contributed by atoms with Crippen LogP contribution in [0.4, 0.5) is 0 Å². The molecular weight excluding hydrogens is 230 g/mol. The van der Waals surface area contributed by atoms with Gasteiger partial charge in [-0.05, 0) is 12.1 Å². The molecule has 1 aliphatic rings. The molecule has 3 N–H and O–H groups in total. The van der Waals surface area contributed by atoms with E-state index in [4.69, 9.17) is 5.11 Å². The van der Waals surface area contributed by atoms with Gasteiger partial charge < -0.3 is 10.4 Å². The number of H-pyrrole nitrogens is 1. The highest BCUT2D eigenvalue weighted by molar-refractivity contribution is 5.88. The van der Waals surface area contributed by atoms with Gasteiger partial charge in [-0.3, -0.25) is 5.10 Å². The van der Waals surface area contributed by atoms with Crippen molar-refractivity contribution in [2.24, 2.45) is 0 Å². The molecule has 92 valence electrons. The summed E-state index contributed by atoms with van der Waals surface area (Å²) in [5, 5.41) is 19.6. The van der Waals surface area contributed by atoms with Crippen LogP contribution in [0.3, 0.4) is 0 Å². The lowest BCUT2D eigenvalue weighted by atomic mass is 10.0. The molecule has 1 aromatic carbocycles. The van der Waals surface area contributed by atoms with Gasteiger partial charge in [-0.2, -0.15) is 5.10 Å². The summed E-state index contributed by atoms with van der Waals surface area (Å²) in [6, 6.07) is 6.81. The maximum Gasteiger partial charge on any atom is 0.335 e. The van der Waals surface area contributed by atoms with Crippen LogP contribution in [-0.4, -0.2) is 27.8 Å². The summed E-state index contributed by atoms with van der Waals surface area (Å²) in [5.41, 5.74) is 4.51. The van der Waals surface area contributed by atoms with Gasteiger partial charge in [0.25, 0.3) is 0 Å². The largest absolute Gasteiger partial charge is 0.478 e. The van der Waals surface area contributed by atoms with E-state index in [0.29, 0.717) is 5.56 Å². The van der Waals surface area contributed by atoms with Gasteiger partial charge in [0.15, 0.2) is 0 Å². The molecule has 0 amide bonds. The monoisotopic (exact) mass is 243 g/mol. The van der Waals surface area contributed by atoms with Crippen molar-refractivity contribution in [1.82, 2.24) is 15.5 Å². The zero-order valence-electron chi connectivity index (χ0n) is 9.73. The van der Waals surface area contributed by atoms with E-state index in [1.54, 1.807) is 24.3 Å². The minimum absolute atomic E-state index is 0.293. The smallest absolute Gasteiger partial charge is 0.335 e. The van der Waals surface area contributed by atoms with Crippen LogP contribution < -0.4 is 5.32 Å². The Kier molecular flexibility index (Phi) is 2.60. The van der Waals surface area contributed by atoms with Gasteiger partial charge in [0.05, 0.1) is 11.3 Å². The molecule has 2 heterocycles.